The van der Waals surface area contributed by atoms with E-state index in [0.29, 0.717) is 0 Å². The molecule has 0 radical (unpaired) electrons. The van der Waals surface area contributed by atoms with Crippen molar-refractivity contribution in [3.8, 4) is 0 Å². The van der Waals surface area contributed by atoms with Gasteiger partial charge in [-0.1, -0.05) is 91.0 Å². The van der Waals surface area contributed by atoms with Crippen molar-refractivity contribution in [2.75, 3.05) is 6.67 Å². The third kappa shape index (κ3) is 7.85. The molecule has 3 rings (SSSR count). The Hall–Kier alpha value is -4.00. The third-order valence-corrected chi connectivity index (χ3v) is 5.22. The van der Waals surface area contributed by atoms with Crippen molar-refractivity contribution in [2.45, 2.75) is 31.5 Å². The minimum absolute atomic E-state index is 0.0450. The SMILES string of the molecule is O=C(N[C@@H](Cc1ccccc1)C(=O)N[C@@H](Cc1ccccc1)C(=O)CF)OCc1ccccc1. The van der Waals surface area contributed by atoms with Crippen LogP contribution in [-0.2, 0) is 33.8 Å². The topological polar surface area (TPSA) is 84.5 Å². The van der Waals surface area contributed by atoms with Crippen molar-refractivity contribution >= 4 is 17.8 Å². The van der Waals surface area contributed by atoms with Crippen molar-refractivity contribution in [2.24, 2.45) is 0 Å². The Bertz CT molecular complexity index is 1060. The number of alkyl halides is 1. The Balaban J connectivity index is 1.70. The number of halogens is 1. The first-order chi connectivity index (χ1) is 16.5. The smallest absolute Gasteiger partial charge is 0.408 e. The van der Waals surface area contributed by atoms with E-state index < -0.39 is 36.5 Å². The molecule has 0 bridgehead atoms. The lowest BCUT2D eigenvalue weighted by Gasteiger charge is -2.22. The highest BCUT2D eigenvalue weighted by Crippen LogP contribution is 2.08. The molecule has 0 aliphatic carbocycles. The van der Waals surface area contributed by atoms with Gasteiger partial charge in [0, 0.05) is 6.42 Å². The predicted molar refractivity (Wildman–Crippen MR) is 127 cm³/mol. The largest absolute Gasteiger partial charge is 0.445 e. The molecule has 7 heteroatoms. The van der Waals surface area contributed by atoms with E-state index in [-0.39, 0.29) is 19.4 Å². The van der Waals surface area contributed by atoms with Gasteiger partial charge in [0.15, 0.2) is 5.78 Å². The summed E-state index contributed by atoms with van der Waals surface area (Å²) < 4.78 is 18.5. The molecule has 0 fully saturated rings. The second-order valence-corrected chi connectivity index (χ2v) is 7.80. The van der Waals surface area contributed by atoms with Crippen LogP contribution < -0.4 is 10.6 Å². The molecule has 2 atom stereocenters. The summed E-state index contributed by atoms with van der Waals surface area (Å²) in [5, 5.41) is 5.20. The quantitative estimate of drug-likeness (QED) is 0.454. The third-order valence-electron chi connectivity index (χ3n) is 5.22. The van der Waals surface area contributed by atoms with Crippen LogP contribution in [0.2, 0.25) is 0 Å². The van der Waals surface area contributed by atoms with Gasteiger partial charge in [-0.3, -0.25) is 9.59 Å². The van der Waals surface area contributed by atoms with E-state index in [1.807, 2.05) is 66.7 Å². The van der Waals surface area contributed by atoms with Gasteiger partial charge in [-0.2, -0.15) is 0 Å². The first kappa shape index (κ1) is 24.6. The zero-order valence-corrected chi connectivity index (χ0v) is 18.7. The monoisotopic (exact) mass is 462 g/mol. The van der Waals surface area contributed by atoms with Gasteiger partial charge in [0.05, 0.1) is 6.04 Å². The average Bonchev–Trinajstić information content (AvgIpc) is 2.88. The van der Waals surface area contributed by atoms with Crippen LogP contribution in [0.3, 0.4) is 0 Å². The molecule has 0 saturated carbocycles. The van der Waals surface area contributed by atoms with Crippen LogP contribution in [-0.4, -0.2) is 36.5 Å². The zero-order valence-electron chi connectivity index (χ0n) is 18.7. The number of Topliss-reactive ketones (excluding diaryl/α,β-unsaturated/α-hetero) is 1. The van der Waals surface area contributed by atoms with Crippen molar-refractivity contribution in [1.82, 2.24) is 10.6 Å². The molecule has 3 aromatic carbocycles. The maximum atomic E-state index is 13.2. The molecular weight excluding hydrogens is 435 g/mol. The number of amides is 2. The van der Waals surface area contributed by atoms with E-state index in [1.54, 1.807) is 24.3 Å². The molecule has 0 heterocycles. The summed E-state index contributed by atoms with van der Waals surface area (Å²) in [6, 6.07) is 25.2. The fourth-order valence-electron chi connectivity index (χ4n) is 3.43. The first-order valence-electron chi connectivity index (χ1n) is 11.0. The van der Waals surface area contributed by atoms with Gasteiger partial charge in [-0.25, -0.2) is 9.18 Å². The molecule has 0 unspecified atom stereocenters. The highest BCUT2D eigenvalue weighted by Gasteiger charge is 2.27. The fraction of sp³-hybridized carbons (Fsp3) is 0.222. The number of ketones is 1. The zero-order chi connectivity index (χ0) is 24.2. The molecule has 0 aliphatic rings. The maximum Gasteiger partial charge on any atom is 0.408 e. The van der Waals surface area contributed by atoms with Crippen LogP contribution in [0.25, 0.3) is 0 Å². The summed E-state index contributed by atoms with van der Waals surface area (Å²) in [5.74, 6) is -1.33. The van der Waals surface area contributed by atoms with Gasteiger partial charge >= 0.3 is 6.09 Å². The van der Waals surface area contributed by atoms with Crippen LogP contribution in [0, 0.1) is 0 Å². The van der Waals surface area contributed by atoms with Crippen molar-refractivity contribution in [3.05, 3.63) is 108 Å². The lowest BCUT2D eigenvalue weighted by molar-refractivity contribution is -0.129. The summed E-state index contributed by atoms with van der Waals surface area (Å²) >= 11 is 0. The maximum absolute atomic E-state index is 13.2. The number of nitrogens with one attached hydrogen (secondary N) is 2. The van der Waals surface area contributed by atoms with Gasteiger partial charge in [0.1, 0.15) is 19.3 Å². The van der Waals surface area contributed by atoms with Crippen LogP contribution in [0.15, 0.2) is 91.0 Å². The van der Waals surface area contributed by atoms with Crippen LogP contribution in [0.5, 0.6) is 0 Å². The average molecular weight is 463 g/mol. The van der Waals surface area contributed by atoms with E-state index in [0.717, 1.165) is 16.7 Å². The summed E-state index contributed by atoms with van der Waals surface area (Å²) in [4.78, 5) is 37.8. The van der Waals surface area contributed by atoms with Crippen LogP contribution >= 0.6 is 0 Å². The number of alkyl carbamates (subject to hydrolysis) is 1. The Morgan fingerprint density at radius 1 is 0.676 bits per heavy atom. The first-order valence-corrected chi connectivity index (χ1v) is 11.0. The minimum Gasteiger partial charge on any atom is -0.445 e. The van der Waals surface area contributed by atoms with E-state index in [9.17, 15) is 18.8 Å². The molecule has 6 nitrogen and oxygen atoms in total. The number of hydrogen-bond donors (Lipinski definition) is 2. The molecule has 34 heavy (non-hydrogen) atoms. The Morgan fingerprint density at radius 3 is 1.65 bits per heavy atom. The van der Waals surface area contributed by atoms with Crippen molar-refractivity contribution < 1.29 is 23.5 Å². The van der Waals surface area contributed by atoms with Gasteiger partial charge in [-0.15, -0.1) is 0 Å². The molecule has 0 aliphatic heterocycles. The Labute approximate surface area is 198 Å². The molecule has 176 valence electrons. The summed E-state index contributed by atoms with van der Waals surface area (Å²) in [5.41, 5.74) is 2.39. The number of carbonyl (C=O) groups excluding carboxylic acids is 3. The fourth-order valence-corrected chi connectivity index (χ4v) is 3.43. The highest BCUT2D eigenvalue weighted by molar-refractivity contribution is 5.93. The predicted octanol–water partition coefficient (Wildman–Crippen LogP) is 3.79. The number of benzene rings is 3. The molecule has 0 spiro atoms. The molecular formula is C27H27FN2O4. The van der Waals surface area contributed by atoms with Crippen molar-refractivity contribution in [3.63, 3.8) is 0 Å². The summed E-state index contributed by atoms with van der Waals surface area (Å²) in [6.07, 6.45) is -0.447. The number of hydrogen-bond acceptors (Lipinski definition) is 4. The Kier molecular flexibility index (Phi) is 9.34. The number of carbonyl (C=O) groups is 3. The van der Waals surface area contributed by atoms with Crippen LogP contribution in [0.4, 0.5) is 9.18 Å². The van der Waals surface area contributed by atoms with Gasteiger partial charge in [0.2, 0.25) is 5.91 Å². The van der Waals surface area contributed by atoms with Gasteiger partial charge in [0.25, 0.3) is 0 Å². The Morgan fingerprint density at radius 2 is 1.15 bits per heavy atom. The standard InChI is InChI=1S/C27H27FN2O4/c28-18-25(31)23(16-20-10-4-1-5-11-20)29-26(32)24(17-21-12-6-2-7-13-21)30-27(33)34-19-22-14-8-3-9-15-22/h1-15,23-24H,16-19H2,(H,29,32)(H,30,33)/t23-,24-/m0/s1. The highest BCUT2D eigenvalue weighted by atomic mass is 19.1. The summed E-state index contributed by atoms with van der Waals surface area (Å²) in [6.45, 7) is -1.16. The second-order valence-electron chi connectivity index (χ2n) is 7.80. The minimum atomic E-state index is -1.20. The van der Waals surface area contributed by atoms with E-state index in [1.165, 1.54) is 0 Å². The van der Waals surface area contributed by atoms with E-state index >= 15 is 0 Å². The molecule has 2 N–H and O–H groups in total. The normalized spacial score (nSPS) is 12.3. The van der Waals surface area contributed by atoms with Gasteiger partial charge < -0.3 is 15.4 Å². The lowest BCUT2D eigenvalue weighted by atomic mass is 10.0. The summed E-state index contributed by atoms with van der Waals surface area (Å²) in [7, 11) is 0. The molecule has 0 saturated heterocycles. The van der Waals surface area contributed by atoms with Crippen molar-refractivity contribution in [1.29, 1.82) is 0 Å². The molecule has 0 aromatic heterocycles. The number of ether oxygens (including phenoxy) is 1. The number of rotatable bonds is 11. The lowest BCUT2D eigenvalue weighted by Crippen LogP contribution is -2.53. The molecule has 2 amide bonds. The second kappa shape index (κ2) is 12.9. The van der Waals surface area contributed by atoms with E-state index in [2.05, 4.69) is 10.6 Å². The van der Waals surface area contributed by atoms with E-state index in [4.69, 9.17) is 4.74 Å². The molecule has 3 aromatic rings. The van der Waals surface area contributed by atoms with Gasteiger partial charge in [-0.05, 0) is 23.1 Å². The van der Waals surface area contributed by atoms with Crippen LogP contribution in [0.1, 0.15) is 16.7 Å².